The zero-order chi connectivity index (χ0) is 23.3. The van der Waals surface area contributed by atoms with Crippen molar-refractivity contribution in [2.45, 2.75) is 101 Å². The van der Waals surface area contributed by atoms with Gasteiger partial charge in [0.05, 0.1) is 18.1 Å². The Morgan fingerprint density at radius 2 is 1.88 bits per heavy atom. The molecule has 4 N–H and O–H groups in total. The van der Waals surface area contributed by atoms with Crippen LogP contribution in [-0.4, -0.2) is 71.8 Å². The van der Waals surface area contributed by atoms with Gasteiger partial charge in [0.1, 0.15) is 6.17 Å². The predicted molar refractivity (Wildman–Crippen MR) is 126 cm³/mol. The van der Waals surface area contributed by atoms with E-state index in [2.05, 4.69) is 35.1 Å². The minimum Gasteiger partial charge on any atom is -0.314 e. The van der Waals surface area contributed by atoms with E-state index in [9.17, 15) is 9.59 Å². The van der Waals surface area contributed by atoms with Gasteiger partial charge in [-0.3, -0.25) is 15.4 Å². The van der Waals surface area contributed by atoms with Gasteiger partial charge >= 0.3 is 6.03 Å². The van der Waals surface area contributed by atoms with E-state index in [0.29, 0.717) is 11.8 Å². The van der Waals surface area contributed by atoms with Crippen molar-refractivity contribution < 1.29 is 14.0 Å². The van der Waals surface area contributed by atoms with E-state index in [-0.39, 0.29) is 47.8 Å². The molecule has 0 aromatic rings. The number of urea groups is 1. The van der Waals surface area contributed by atoms with Crippen LogP contribution in [0.4, 0.5) is 9.18 Å². The summed E-state index contributed by atoms with van der Waals surface area (Å²) in [6.07, 6.45) is 4.38. The highest BCUT2D eigenvalue weighted by atomic mass is 35.5. The molecule has 4 heterocycles. The number of halogens is 2. The number of nitrogens with one attached hydrogen (secondary N) is 4. The monoisotopic (exact) mass is 483 g/mol. The van der Waals surface area contributed by atoms with Crippen molar-refractivity contribution in [3.05, 3.63) is 0 Å². The second-order valence-electron chi connectivity index (χ2n) is 11.2. The largest absolute Gasteiger partial charge is 0.325 e. The van der Waals surface area contributed by atoms with Crippen LogP contribution in [-0.2, 0) is 4.79 Å². The minimum absolute atomic E-state index is 0.0444. The van der Waals surface area contributed by atoms with Gasteiger partial charge in [-0.05, 0) is 63.5 Å². The Labute approximate surface area is 201 Å². The minimum atomic E-state index is -1.18. The highest BCUT2D eigenvalue weighted by Crippen LogP contribution is 2.41. The number of carbonyl (C=O) groups is 2. The zero-order valence-electron chi connectivity index (χ0n) is 19.7. The van der Waals surface area contributed by atoms with Crippen LogP contribution in [0.25, 0.3) is 0 Å². The van der Waals surface area contributed by atoms with Crippen LogP contribution in [0.1, 0.15) is 58.8 Å². The van der Waals surface area contributed by atoms with Gasteiger partial charge in [0.2, 0.25) is 5.91 Å². The van der Waals surface area contributed by atoms with Crippen molar-refractivity contribution in [2.24, 2.45) is 23.7 Å². The second-order valence-corrected chi connectivity index (χ2v) is 11.7. The molecule has 33 heavy (non-hydrogen) atoms. The van der Waals surface area contributed by atoms with Crippen molar-refractivity contribution in [1.29, 1.82) is 0 Å². The van der Waals surface area contributed by atoms with Gasteiger partial charge in [-0.1, -0.05) is 20.3 Å². The van der Waals surface area contributed by atoms with Crippen LogP contribution in [0.2, 0.25) is 0 Å². The Morgan fingerprint density at radius 1 is 1.06 bits per heavy atom. The highest BCUT2D eigenvalue weighted by molar-refractivity contribution is 6.21. The summed E-state index contributed by atoms with van der Waals surface area (Å²) in [7, 11) is 0. The third kappa shape index (κ3) is 4.30. The number of fused-ring (bicyclic) bond motifs is 5. The molecule has 4 aliphatic heterocycles. The molecule has 7 nitrogen and oxygen atoms in total. The second kappa shape index (κ2) is 9.59. The average molecular weight is 484 g/mol. The van der Waals surface area contributed by atoms with E-state index in [0.717, 1.165) is 51.6 Å². The summed E-state index contributed by atoms with van der Waals surface area (Å²) >= 11 is 6.83. The van der Waals surface area contributed by atoms with Crippen LogP contribution in [0.3, 0.4) is 0 Å². The summed E-state index contributed by atoms with van der Waals surface area (Å²) in [5.74, 6) is -0.346. The van der Waals surface area contributed by atoms with Gasteiger partial charge in [0.15, 0.2) is 0 Å². The molecule has 10 atom stereocenters. The first-order valence-electron chi connectivity index (χ1n) is 13.0. The van der Waals surface area contributed by atoms with E-state index in [1.54, 1.807) is 0 Å². The van der Waals surface area contributed by atoms with Crippen molar-refractivity contribution >= 4 is 23.5 Å². The number of alkyl halides is 2. The van der Waals surface area contributed by atoms with E-state index in [1.165, 1.54) is 0 Å². The summed E-state index contributed by atoms with van der Waals surface area (Å²) in [4.78, 5) is 28.1. The summed E-state index contributed by atoms with van der Waals surface area (Å²) in [6, 6.07) is -0.573. The molecule has 2 bridgehead atoms. The van der Waals surface area contributed by atoms with Crippen LogP contribution >= 0.6 is 11.6 Å². The summed E-state index contributed by atoms with van der Waals surface area (Å²) in [5, 5.41) is 13.3. The molecule has 0 spiro atoms. The maximum atomic E-state index is 15.7. The molecule has 4 saturated heterocycles. The maximum absolute atomic E-state index is 15.7. The lowest BCUT2D eigenvalue weighted by Crippen LogP contribution is -2.77. The number of hydrogen-bond donors (Lipinski definition) is 4. The van der Waals surface area contributed by atoms with Gasteiger partial charge < -0.3 is 15.5 Å². The molecule has 3 amide bonds. The first kappa shape index (κ1) is 23.8. The predicted octanol–water partition coefficient (Wildman–Crippen LogP) is 2.34. The number of imide groups is 1. The van der Waals surface area contributed by atoms with E-state index >= 15 is 4.39 Å². The number of piperidine rings is 2. The zero-order valence-corrected chi connectivity index (χ0v) is 20.5. The average Bonchev–Trinajstić information content (AvgIpc) is 2.77. The van der Waals surface area contributed by atoms with Gasteiger partial charge in [-0.15, -0.1) is 11.6 Å². The van der Waals surface area contributed by atoms with Gasteiger partial charge in [-0.2, -0.15) is 0 Å². The fraction of sp³-hybridized carbons (Fsp3) is 0.917. The molecule has 9 heteroatoms. The van der Waals surface area contributed by atoms with Crippen LogP contribution in [0.5, 0.6) is 0 Å². The number of amides is 3. The van der Waals surface area contributed by atoms with E-state index in [4.69, 9.17) is 11.6 Å². The van der Waals surface area contributed by atoms with Crippen molar-refractivity contribution in [3.63, 3.8) is 0 Å². The molecule has 10 unspecified atom stereocenters. The number of hydrogen-bond acceptors (Lipinski definition) is 5. The lowest BCUT2D eigenvalue weighted by atomic mass is 9.72. The number of nitrogens with zero attached hydrogens (tertiary/aromatic N) is 1. The molecule has 5 rings (SSSR count). The number of carbonyl (C=O) groups excluding carboxylic acids is 2. The lowest BCUT2D eigenvalue weighted by molar-refractivity contribution is -0.136. The van der Waals surface area contributed by atoms with Crippen LogP contribution in [0.15, 0.2) is 0 Å². The first-order valence-corrected chi connectivity index (χ1v) is 13.4. The first-order chi connectivity index (χ1) is 15.9. The van der Waals surface area contributed by atoms with Crippen molar-refractivity contribution in [3.8, 4) is 0 Å². The SMILES string of the molecule is CC(C)C1NCCC2CCCNC3CCCC(Cl)C3C3NC4C(CC3F)C(=O)NC(=O)N4C21. The third-order valence-corrected chi connectivity index (χ3v) is 9.46. The maximum Gasteiger partial charge on any atom is 0.325 e. The Balaban J connectivity index is 1.56. The fourth-order valence-electron chi connectivity index (χ4n) is 7.42. The van der Waals surface area contributed by atoms with E-state index in [1.807, 2.05) is 4.90 Å². The van der Waals surface area contributed by atoms with Crippen molar-refractivity contribution in [2.75, 3.05) is 13.1 Å². The summed E-state index contributed by atoms with van der Waals surface area (Å²) in [6.45, 7) is 6.18. The number of rotatable bonds is 1. The highest BCUT2D eigenvalue weighted by Gasteiger charge is 2.55. The third-order valence-electron chi connectivity index (χ3n) is 8.95. The van der Waals surface area contributed by atoms with Crippen LogP contribution < -0.4 is 21.3 Å². The van der Waals surface area contributed by atoms with E-state index < -0.39 is 24.3 Å². The van der Waals surface area contributed by atoms with Gasteiger partial charge in [0.25, 0.3) is 0 Å². The molecule has 5 fully saturated rings. The topological polar surface area (TPSA) is 85.5 Å². The molecule has 186 valence electrons. The molecular formula is C24H39ClFN5O2. The van der Waals surface area contributed by atoms with Gasteiger partial charge in [-0.25, -0.2) is 9.18 Å². The lowest BCUT2D eigenvalue weighted by Gasteiger charge is -2.56. The fourth-order valence-corrected chi connectivity index (χ4v) is 7.91. The summed E-state index contributed by atoms with van der Waals surface area (Å²) < 4.78 is 15.7. The normalized spacial score (nSPS) is 46.5. The molecule has 5 aliphatic rings. The standard InChI is InChI=1S/C24H39ClFN5O2/c1-12(2)19-21-13(8-10-28-19)5-4-9-27-17-7-3-6-15(25)18(17)20-16(26)11-14-22(29-20)31(21)24(33)30-23(14)32/h12-22,27-29H,3-11H2,1-2H3,(H,30,32,33). The Hall–Kier alpha value is -0.960. The Bertz CT molecular complexity index is 756. The molecule has 0 aromatic carbocycles. The quantitative estimate of drug-likeness (QED) is 0.430. The van der Waals surface area contributed by atoms with Crippen LogP contribution in [0, 0.1) is 23.7 Å². The Morgan fingerprint density at radius 3 is 2.67 bits per heavy atom. The molecule has 1 saturated carbocycles. The van der Waals surface area contributed by atoms with Gasteiger partial charge in [0, 0.05) is 29.4 Å². The molecule has 0 aromatic heterocycles. The molecular weight excluding hydrogens is 445 g/mol. The molecule has 0 radical (unpaired) electrons. The molecule has 1 aliphatic carbocycles. The summed E-state index contributed by atoms with van der Waals surface area (Å²) in [5.41, 5.74) is 0. The smallest absolute Gasteiger partial charge is 0.314 e. The Kier molecular flexibility index (Phi) is 6.91. The van der Waals surface area contributed by atoms with Crippen molar-refractivity contribution in [1.82, 2.24) is 26.2 Å².